The number of aliphatic hydroxyl groups is 1. The third-order valence-corrected chi connectivity index (χ3v) is 16.1. The topological polar surface area (TPSA) is 66.4 Å². The average Bonchev–Trinajstić information content (AvgIpc) is 2.81. The van der Waals surface area contributed by atoms with E-state index in [1.807, 2.05) is 0 Å². The van der Waals surface area contributed by atoms with E-state index in [-0.39, 0.29) is 28.3 Å². The van der Waals surface area contributed by atoms with Crippen molar-refractivity contribution in [1.82, 2.24) is 0 Å². The van der Waals surface area contributed by atoms with Gasteiger partial charge < -0.3 is 27.5 Å². The van der Waals surface area contributed by atoms with E-state index in [0.29, 0.717) is 6.61 Å². The fourth-order valence-corrected chi connectivity index (χ4v) is 15.5. The van der Waals surface area contributed by atoms with Crippen LogP contribution in [0.25, 0.3) is 0 Å². The fourth-order valence-electron chi connectivity index (χ4n) is 4.32. The number of aliphatic hydroxyl groups excluding tert-OH is 1. The van der Waals surface area contributed by atoms with Gasteiger partial charge in [0.25, 0.3) is 0 Å². The van der Waals surface area contributed by atoms with Gasteiger partial charge in [-0.25, -0.2) is 0 Å². The molecule has 0 amide bonds. The molecular formula is C18H38O6Si2. The normalized spacial score (nSPS) is 34.4. The van der Waals surface area contributed by atoms with Crippen LogP contribution in [0.4, 0.5) is 0 Å². The van der Waals surface area contributed by atoms with Crippen molar-refractivity contribution in [3.05, 3.63) is 0 Å². The monoisotopic (exact) mass is 406 g/mol. The van der Waals surface area contributed by atoms with Crippen molar-refractivity contribution in [2.24, 2.45) is 0 Å². The molecule has 1 N–H and O–H groups in total. The maximum Gasteiger partial charge on any atom is 0.335 e. The van der Waals surface area contributed by atoms with Gasteiger partial charge in [-0.15, -0.1) is 0 Å². The molecule has 26 heavy (non-hydrogen) atoms. The number of methoxy groups -OCH3 is 1. The lowest BCUT2D eigenvalue weighted by Crippen LogP contribution is -2.65. The minimum absolute atomic E-state index is 0.225. The van der Waals surface area contributed by atoms with Gasteiger partial charge in [0.1, 0.15) is 18.3 Å². The number of fused-ring (bicyclic) bond motifs is 1. The molecule has 154 valence electrons. The van der Waals surface area contributed by atoms with Crippen LogP contribution in [0.3, 0.4) is 0 Å². The van der Waals surface area contributed by atoms with Gasteiger partial charge in [0.05, 0.1) is 6.61 Å². The van der Waals surface area contributed by atoms with Crippen molar-refractivity contribution >= 4 is 17.1 Å². The van der Waals surface area contributed by atoms with E-state index >= 15 is 0 Å². The van der Waals surface area contributed by atoms with E-state index in [1.165, 1.54) is 0 Å². The molecule has 4 atom stereocenters. The SMILES string of the molecule is CO[C@H]1O[C@@H]2CO[Si](C(C)C)(C(C)C)O[Si](C(C)C)(C(C)C)O[C@@H]2[C@@H]1O. The second-order valence-electron chi connectivity index (χ2n) is 8.83. The predicted molar refractivity (Wildman–Crippen MR) is 105 cm³/mol. The van der Waals surface area contributed by atoms with Gasteiger partial charge in [0, 0.05) is 7.11 Å². The van der Waals surface area contributed by atoms with Crippen LogP contribution in [0, 0.1) is 0 Å². The van der Waals surface area contributed by atoms with Gasteiger partial charge in [-0.3, -0.25) is 0 Å². The lowest BCUT2D eigenvalue weighted by molar-refractivity contribution is -0.152. The molecule has 2 aliphatic rings. The largest absolute Gasteiger partial charge is 0.414 e. The third-order valence-electron chi connectivity index (χ3n) is 5.85. The van der Waals surface area contributed by atoms with Crippen molar-refractivity contribution in [3.63, 3.8) is 0 Å². The number of hydrogen-bond donors (Lipinski definition) is 1. The molecule has 2 saturated heterocycles. The Morgan fingerprint density at radius 2 is 1.38 bits per heavy atom. The Morgan fingerprint density at radius 1 is 0.885 bits per heavy atom. The minimum Gasteiger partial charge on any atom is -0.414 e. The highest BCUT2D eigenvalue weighted by Crippen LogP contribution is 2.47. The Morgan fingerprint density at radius 3 is 1.81 bits per heavy atom. The van der Waals surface area contributed by atoms with Gasteiger partial charge >= 0.3 is 17.1 Å². The molecule has 0 aromatic carbocycles. The zero-order chi connectivity index (χ0) is 19.9. The fraction of sp³-hybridized carbons (Fsp3) is 1.00. The molecule has 0 aliphatic carbocycles. The quantitative estimate of drug-likeness (QED) is 0.703. The van der Waals surface area contributed by atoms with Gasteiger partial charge in [-0.1, -0.05) is 55.4 Å². The molecule has 2 rings (SSSR count). The Kier molecular flexibility index (Phi) is 7.16. The second-order valence-corrected chi connectivity index (χ2v) is 17.7. The van der Waals surface area contributed by atoms with Gasteiger partial charge in [-0.05, 0) is 22.2 Å². The molecule has 0 unspecified atom stereocenters. The summed E-state index contributed by atoms with van der Waals surface area (Å²) in [6.45, 7) is 17.8. The van der Waals surface area contributed by atoms with Crippen molar-refractivity contribution in [2.45, 2.75) is 102 Å². The molecule has 0 aromatic heterocycles. The summed E-state index contributed by atoms with van der Waals surface area (Å²) in [7, 11) is -3.73. The summed E-state index contributed by atoms with van der Waals surface area (Å²) in [5.74, 6) is 0. The van der Waals surface area contributed by atoms with Crippen molar-refractivity contribution in [1.29, 1.82) is 0 Å². The zero-order valence-electron chi connectivity index (χ0n) is 17.8. The van der Waals surface area contributed by atoms with E-state index < -0.39 is 35.6 Å². The van der Waals surface area contributed by atoms with E-state index in [4.69, 9.17) is 22.4 Å². The first-order valence-electron chi connectivity index (χ1n) is 9.90. The van der Waals surface area contributed by atoms with Crippen LogP contribution >= 0.6 is 0 Å². The summed E-state index contributed by atoms with van der Waals surface area (Å²) < 4.78 is 31.6. The molecule has 2 fully saturated rings. The van der Waals surface area contributed by atoms with Crippen LogP contribution in [0.1, 0.15) is 55.4 Å². The summed E-state index contributed by atoms with van der Waals surface area (Å²) in [6.07, 6.45) is -2.35. The Labute approximate surface area is 161 Å². The van der Waals surface area contributed by atoms with Crippen LogP contribution in [0.2, 0.25) is 22.2 Å². The van der Waals surface area contributed by atoms with E-state index in [2.05, 4.69) is 55.4 Å². The number of rotatable bonds is 5. The molecule has 2 aliphatic heterocycles. The summed E-state index contributed by atoms with van der Waals surface area (Å²) in [4.78, 5) is 0. The first kappa shape index (κ1) is 22.5. The molecule has 0 aromatic rings. The van der Waals surface area contributed by atoms with E-state index in [1.54, 1.807) is 7.11 Å². The molecule has 6 nitrogen and oxygen atoms in total. The molecular weight excluding hydrogens is 368 g/mol. The highest BCUT2D eigenvalue weighted by atomic mass is 28.5. The maximum atomic E-state index is 10.7. The molecule has 0 bridgehead atoms. The summed E-state index contributed by atoms with van der Waals surface area (Å²) >= 11 is 0. The van der Waals surface area contributed by atoms with Crippen LogP contribution < -0.4 is 0 Å². The van der Waals surface area contributed by atoms with E-state index in [0.717, 1.165) is 0 Å². The first-order chi connectivity index (χ1) is 12.0. The smallest absolute Gasteiger partial charge is 0.335 e. The summed E-state index contributed by atoms with van der Waals surface area (Å²) in [5.41, 5.74) is 1.03. The second kappa shape index (κ2) is 8.28. The van der Waals surface area contributed by atoms with Crippen LogP contribution in [-0.2, 0) is 22.4 Å². The standard InChI is InChI=1S/C18H38O6Si2/c1-11(2)25(12(3)4)21-10-15-17(16(19)18(20-9)22-15)23-26(24-25,13(5)6)14(7)8/h11-19H,10H2,1-9H3/t15-,16+,17+,18+/m1/s1. The first-order valence-corrected chi connectivity index (χ1v) is 13.8. The highest BCUT2D eigenvalue weighted by Gasteiger charge is 2.61. The Hall–Kier alpha value is 0.194. The number of hydrogen-bond acceptors (Lipinski definition) is 6. The third kappa shape index (κ3) is 3.71. The van der Waals surface area contributed by atoms with Crippen LogP contribution in [0.5, 0.6) is 0 Å². The lowest BCUT2D eigenvalue weighted by Gasteiger charge is -2.51. The molecule has 0 spiro atoms. The summed E-state index contributed by atoms with van der Waals surface area (Å²) in [5, 5.41) is 10.7. The maximum absolute atomic E-state index is 10.7. The van der Waals surface area contributed by atoms with Gasteiger partial charge in [-0.2, -0.15) is 0 Å². The van der Waals surface area contributed by atoms with Gasteiger partial charge in [0.2, 0.25) is 0 Å². The predicted octanol–water partition coefficient (Wildman–Crippen LogP) is 3.68. The number of ether oxygens (including phenoxy) is 2. The van der Waals surface area contributed by atoms with Gasteiger partial charge in [0.15, 0.2) is 6.29 Å². The van der Waals surface area contributed by atoms with Crippen LogP contribution in [0.15, 0.2) is 0 Å². The summed E-state index contributed by atoms with van der Waals surface area (Å²) in [6, 6.07) is 0. The Bertz CT molecular complexity index is 455. The average molecular weight is 407 g/mol. The molecule has 2 heterocycles. The zero-order valence-corrected chi connectivity index (χ0v) is 19.8. The van der Waals surface area contributed by atoms with E-state index in [9.17, 15) is 5.11 Å². The van der Waals surface area contributed by atoms with Crippen LogP contribution in [-0.4, -0.2) is 60.5 Å². The van der Waals surface area contributed by atoms with Crippen molar-refractivity contribution < 1.29 is 27.5 Å². The minimum atomic E-state index is -2.71. The van der Waals surface area contributed by atoms with Crippen molar-refractivity contribution in [2.75, 3.05) is 13.7 Å². The molecule has 0 saturated carbocycles. The Balaban J connectivity index is 2.52. The van der Waals surface area contributed by atoms with Crippen molar-refractivity contribution in [3.8, 4) is 0 Å². The molecule has 8 heteroatoms. The highest BCUT2D eigenvalue weighted by molar-refractivity contribution is 6.83. The lowest BCUT2D eigenvalue weighted by atomic mass is 10.1. The molecule has 0 radical (unpaired) electrons.